The maximum Gasteiger partial charge on any atom is 0.262 e. The lowest BCUT2D eigenvalue weighted by atomic mass is 10.1. The van der Waals surface area contributed by atoms with Crippen molar-refractivity contribution >= 4 is 34.2 Å². The molecule has 8 heteroatoms. The normalized spacial score (nSPS) is 12.5. The van der Waals surface area contributed by atoms with Gasteiger partial charge in [-0.05, 0) is 48.5 Å². The molecule has 3 aromatic carbocycles. The molecule has 0 fully saturated rings. The van der Waals surface area contributed by atoms with Crippen LogP contribution in [0.25, 0.3) is 11.3 Å². The van der Waals surface area contributed by atoms with E-state index in [4.69, 9.17) is 4.74 Å². The number of carbonyl (C=O) groups is 3. The zero-order valence-electron chi connectivity index (χ0n) is 17.2. The van der Waals surface area contributed by atoms with Gasteiger partial charge in [-0.1, -0.05) is 30.3 Å². The van der Waals surface area contributed by atoms with Crippen LogP contribution in [0.4, 0.5) is 5.13 Å². The van der Waals surface area contributed by atoms with Crippen molar-refractivity contribution in [1.29, 1.82) is 0 Å². The van der Waals surface area contributed by atoms with Gasteiger partial charge in [0.1, 0.15) is 18.0 Å². The molecule has 1 aromatic heterocycles. The van der Waals surface area contributed by atoms with Gasteiger partial charge < -0.3 is 10.1 Å². The van der Waals surface area contributed by atoms with Crippen LogP contribution >= 0.6 is 11.3 Å². The molecule has 2 heterocycles. The van der Waals surface area contributed by atoms with Gasteiger partial charge in [0.15, 0.2) is 5.13 Å². The third-order valence-corrected chi connectivity index (χ3v) is 5.82. The number of rotatable bonds is 6. The Hall–Kier alpha value is -4.30. The van der Waals surface area contributed by atoms with E-state index in [9.17, 15) is 14.4 Å². The number of imide groups is 1. The summed E-state index contributed by atoms with van der Waals surface area (Å²) >= 11 is 1.26. The zero-order valence-corrected chi connectivity index (χ0v) is 18.0. The fourth-order valence-electron chi connectivity index (χ4n) is 3.47. The standard InChI is InChI=1S/C25H17N3O4S/c29-22(14-28-23(30)19-8-4-5-9-20(19)24(28)31)27-25-26-21(15-33-25)16-10-12-18(13-11-16)32-17-6-2-1-3-7-17/h1-13,15H,14H2,(H,26,27,29). The van der Waals surface area contributed by atoms with Crippen molar-refractivity contribution in [2.75, 3.05) is 11.9 Å². The van der Waals surface area contributed by atoms with E-state index in [1.165, 1.54) is 11.3 Å². The molecular weight excluding hydrogens is 438 g/mol. The number of thiazole rings is 1. The molecule has 162 valence electrons. The Morgan fingerprint density at radius 2 is 1.45 bits per heavy atom. The van der Waals surface area contributed by atoms with Gasteiger partial charge >= 0.3 is 0 Å². The van der Waals surface area contributed by atoms with Gasteiger partial charge in [-0.25, -0.2) is 4.98 Å². The monoisotopic (exact) mass is 455 g/mol. The number of fused-ring (bicyclic) bond motifs is 1. The fraction of sp³-hybridized carbons (Fsp3) is 0.0400. The molecule has 0 saturated carbocycles. The second kappa shape index (κ2) is 8.68. The van der Waals surface area contributed by atoms with E-state index in [0.717, 1.165) is 16.2 Å². The number of ether oxygens (including phenoxy) is 1. The molecule has 5 rings (SSSR count). The van der Waals surface area contributed by atoms with Gasteiger partial charge in [-0.15, -0.1) is 11.3 Å². The number of carbonyl (C=O) groups excluding carboxylic acids is 3. The van der Waals surface area contributed by atoms with Gasteiger partial charge in [0.2, 0.25) is 5.91 Å². The molecule has 0 spiro atoms. The molecule has 3 amide bonds. The van der Waals surface area contributed by atoms with Crippen molar-refractivity contribution in [3.05, 3.63) is 95.4 Å². The largest absolute Gasteiger partial charge is 0.457 e. The van der Waals surface area contributed by atoms with Gasteiger partial charge in [-0.3, -0.25) is 19.3 Å². The number of amides is 3. The summed E-state index contributed by atoms with van der Waals surface area (Å²) in [5, 5.41) is 4.88. The van der Waals surface area contributed by atoms with Crippen LogP contribution in [0, 0.1) is 0 Å². The highest BCUT2D eigenvalue weighted by molar-refractivity contribution is 7.14. The molecule has 1 N–H and O–H groups in total. The van der Waals surface area contributed by atoms with Crippen molar-refractivity contribution in [2.45, 2.75) is 0 Å². The van der Waals surface area contributed by atoms with Crippen molar-refractivity contribution < 1.29 is 19.1 Å². The Labute approximate surface area is 193 Å². The number of hydrogen-bond acceptors (Lipinski definition) is 6. The van der Waals surface area contributed by atoms with Crippen molar-refractivity contribution in [3.8, 4) is 22.8 Å². The number of para-hydroxylation sites is 1. The molecule has 0 aliphatic carbocycles. The Morgan fingerprint density at radius 3 is 2.12 bits per heavy atom. The minimum atomic E-state index is -0.489. The SMILES string of the molecule is O=C(CN1C(=O)c2ccccc2C1=O)Nc1nc(-c2ccc(Oc3ccccc3)cc2)cs1. The van der Waals surface area contributed by atoms with Gasteiger partial charge in [-0.2, -0.15) is 0 Å². The molecule has 0 atom stereocenters. The van der Waals surface area contributed by atoms with Crippen LogP contribution in [0.2, 0.25) is 0 Å². The van der Waals surface area contributed by atoms with E-state index >= 15 is 0 Å². The first-order chi connectivity index (χ1) is 16.1. The van der Waals surface area contributed by atoms with Crippen LogP contribution in [0.5, 0.6) is 11.5 Å². The molecule has 0 bridgehead atoms. The topological polar surface area (TPSA) is 88.6 Å². The van der Waals surface area contributed by atoms with E-state index in [-0.39, 0.29) is 6.54 Å². The summed E-state index contributed by atoms with van der Waals surface area (Å²) in [5.74, 6) is 0.0282. The van der Waals surface area contributed by atoms with E-state index in [1.54, 1.807) is 24.3 Å². The zero-order chi connectivity index (χ0) is 22.8. The van der Waals surface area contributed by atoms with E-state index in [1.807, 2.05) is 60.0 Å². The van der Waals surface area contributed by atoms with E-state index in [2.05, 4.69) is 10.3 Å². The lowest BCUT2D eigenvalue weighted by molar-refractivity contribution is -0.116. The third-order valence-electron chi connectivity index (χ3n) is 5.06. The van der Waals surface area contributed by atoms with Crippen molar-refractivity contribution in [2.24, 2.45) is 0 Å². The molecule has 0 unspecified atom stereocenters. The van der Waals surface area contributed by atoms with Crippen LogP contribution in [0.3, 0.4) is 0 Å². The van der Waals surface area contributed by atoms with Crippen molar-refractivity contribution in [1.82, 2.24) is 9.88 Å². The minimum Gasteiger partial charge on any atom is -0.457 e. The van der Waals surface area contributed by atoms with Crippen LogP contribution in [-0.4, -0.2) is 34.2 Å². The summed E-state index contributed by atoms with van der Waals surface area (Å²) in [6, 6.07) is 23.5. The fourth-order valence-corrected chi connectivity index (χ4v) is 4.20. The average molecular weight is 455 g/mol. The third kappa shape index (κ3) is 4.24. The number of hydrogen-bond donors (Lipinski definition) is 1. The predicted molar refractivity (Wildman–Crippen MR) is 125 cm³/mol. The summed E-state index contributed by atoms with van der Waals surface area (Å²) in [4.78, 5) is 42.7. The minimum absolute atomic E-state index is 0.312. The van der Waals surface area contributed by atoms with E-state index < -0.39 is 17.7 Å². The average Bonchev–Trinajstić information content (AvgIpc) is 3.39. The first-order valence-corrected chi connectivity index (χ1v) is 11.0. The highest BCUT2D eigenvalue weighted by Crippen LogP contribution is 2.28. The molecule has 33 heavy (non-hydrogen) atoms. The lowest BCUT2D eigenvalue weighted by Gasteiger charge is -2.12. The molecule has 1 aliphatic rings. The van der Waals surface area contributed by atoms with Crippen LogP contribution in [0.1, 0.15) is 20.7 Å². The number of benzene rings is 3. The van der Waals surface area contributed by atoms with Gasteiger partial charge in [0, 0.05) is 10.9 Å². The highest BCUT2D eigenvalue weighted by Gasteiger charge is 2.36. The Bertz CT molecular complexity index is 1310. The molecule has 1 aliphatic heterocycles. The number of anilines is 1. The quantitative estimate of drug-likeness (QED) is 0.421. The smallest absolute Gasteiger partial charge is 0.262 e. The van der Waals surface area contributed by atoms with E-state index in [0.29, 0.717) is 27.7 Å². The van der Waals surface area contributed by atoms with Crippen LogP contribution in [0.15, 0.2) is 84.2 Å². The van der Waals surface area contributed by atoms with Gasteiger partial charge in [0.05, 0.1) is 16.8 Å². The summed E-state index contributed by atoms with van der Waals surface area (Å²) < 4.78 is 5.80. The summed E-state index contributed by atoms with van der Waals surface area (Å²) in [6.07, 6.45) is 0. The number of nitrogens with one attached hydrogen (secondary N) is 1. The lowest BCUT2D eigenvalue weighted by Crippen LogP contribution is -2.37. The Kier molecular flexibility index (Phi) is 5.42. The maximum absolute atomic E-state index is 12.5. The summed E-state index contributed by atoms with van der Waals surface area (Å²) in [6.45, 7) is -0.368. The van der Waals surface area contributed by atoms with Crippen LogP contribution < -0.4 is 10.1 Å². The first kappa shape index (κ1) is 20.6. The maximum atomic E-state index is 12.5. The molecule has 4 aromatic rings. The Balaban J connectivity index is 1.22. The first-order valence-electron chi connectivity index (χ1n) is 10.1. The number of nitrogens with zero attached hydrogens (tertiary/aromatic N) is 2. The predicted octanol–water partition coefficient (Wildman–Crippen LogP) is 4.84. The molecule has 0 saturated heterocycles. The highest BCUT2D eigenvalue weighted by atomic mass is 32.1. The molecule has 7 nitrogen and oxygen atoms in total. The van der Waals surface area contributed by atoms with Crippen LogP contribution in [-0.2, 0) is 4.79 Å². The molecular formula is C25H17N3O4S. The summed E-state index contributed by atoms with van der Waals surface area (Å²) in [5.41, 5.74) is 2.19. The molecule has 0 radical (unpaired) electrons. The van der Waals surface area contributed by atoms with Crippen molar-refractivity contribution in [3.63, 3.8) is 0 Å². The second-order valence-corrected chi connectivity index (χ2v) is 8.13. The van der Waals surface area contributed by atoms with Gasteiger partial charge in [0.25, 0.3) is 11.8 Å². The Morgan fingerprint density at radius 1 is 0.848 bits per heavy atom. The summed E-state index contributed by atoms with van der Waals surface area (Å²) in [7, 11) is 0. The second-order valence-electron chi connectivity index (χ2n) is 7.27. The number of aromatic nitrogens is 1.